The van der Waals surface area contributed by atoms with E-state index >= 15 is 0 Å². The molecule has 1 aliphatic carbocycles. The van der Waals surface area contributed by atoms with Gasteiger partial charge in [-0.2, -0.15) is 0 Å². The summed E-state index contributed by atoms with van der Waals surface area (Å²) >= 11 is 1.49. The number of urea groups is 1. The Morgan fingerprint density at radius 2 is 2.26 bits per heavy atom. The average Bonchev–Trinajstić information content (AvgIpc) is 2.95. The molecule has 0 spiro atoms. The lowest BCUT2D eigenvalue weighted by atomic mass is 10.0. The molecule has 1 aromatic heterocycles. The van der Waals surface area contributed by atoms with Gasteiger partial charge in [0.25, 0.3) is 0 Å². The summed E-state index contributed by atoms with van der Waals surface area (Å²) in [5.74, 6) is 0. The van der Waals surface area contributed by atoms with Crippen molar-refractivity contribution in [2.45, 2.75) is 38.7 Å². The molecule has 1 aliphatic rings. The van der Waals surface area contributed by atoms with Gasteiger partial charge in [0.15, 0.2) is 0 Å². The molecular weight excluding hydrogens is 260 g/mol. The minimum absolute atomic E-state index is 0.198. The first kappa shape index (κ1) is 14.3. The molecule has 4 nitrogen and oxygen atoms in total. The fourth-order valence-electron chi connectivity index (χ4n) is 2.09. The second kappa shape index (κ2) is 5.51. The van der Waals surface area contributed by atoms with Crippen molar-refractivity contribution in [3.63, 3.8) is 0 Å². The van der Waals surface area contributed by atoms with Crippen LogP contribution in [0.15, 0.2) is 17.5 Å². The number of amides is 2. The molecule has 5 heteroatoms. The van der Waals surface area contributed by atoms with E-state index in [1.54, 1.807) is 6.92 Å². The fraction of sp³-hybridized carbons (Fsp3) is 0.643. The Bertz CT molecular complexity index is 425. The number of hydrogen-bond acceptors (Lipinski definition) is 3. The highest BCUT2D eigenvalue weighted by atomic mass is 32.1. The van der Waals surface area contributed by atoms with E-state index in [1.807, 2.05) is 17.5 Å². The van der Waals surface area contributed by atoms with Gasteiger partial charge in [-0.15, -0.1) is 11.3 Å². The van der Waals surface area contributed by atoms with Crippen molar-refractivity contribution in [3.05, 3.63) is 22.4 Å². The quantitative estimate of drug-likeness (QED) is 0.750. The van der Waals surface area contributed by atoms with Crippen LogP contribution in [0.4, 0.5) is 4.79 Å². The van der Waals surface area contributed by atoms with Crippen molar-refractivity contribution >= 4 is 17.4 Å². The Hall–Kier alpha value is -1.07. The van der Waals surface area contributed by atoms with Gasteiger partial charge < -0.3 is 15.7 Å². The molecule has 0 aromatic carbocycles. The summed E-state index contributed by atoms with van der Waals surface area (Å²) in [5.41, 5.74) is -0.666. The highest BCUT2D eigenvalue weighted by Gasteiger charge is 2.40. The maximum atomic E-state index is 11.7. The number of hydrogen-bond donors (Lipinski definition) is 3. The van der Waals surface area contributed by atoms with Gasteiger partial charge in [0.2, 0.25) is 0 Å². The lowest BCUT2D eigenvalue weighted by Gasteiger charge is -2.23. The van der Waals surface area contributed by atoms with Crippen LogP contribution in [0.3, 0.4) is 0 Å². The zero-order valence-corrected chi connectivity index (χ0v) is 12.3. The molecule has 0 radical (unpaired) electrons. The number of nitrogens with one attached hydrogen (secondary N) is 2. The molecule has 106 valence electrons. The largest absolute Gasteiger partial charge is 0.383 e. The van der Waals surface area contributed by atoms with Gasteiger partial charge >= 0.3 is 6.03 Å². The molecule has 0 saturated heterocycles. The number of rotatable bonds is 6. The lowest BCUT2D eigenvalue weighted by Crippen LogP contribution is -2.44. The van der Waals surface area contributed by atoms with E-state index < -0.39 is 5.60 Å². The van der Waals surface area contributed by atoms with Crippen LogP contribution in [-0.4, -0.2) is 24.2 Å². The van der Waals surface area contributed by atoms with Crippen LogP contribution < -0.4 is 10.6 Å². The summed E-state index contributed by atoms with van der Waals surface area (Å²) in [5, 5.41) is 17.8. The van der Waals surface area contributed by atoms with Crippen molar-refractivity contribution in [1.82, 2.24) is 10.6 Å². The SMILES string of the molecule is CCC1(CNC(=O)NCC(C)(O)c2cccs2)CC1. The average molecular weight is 282 g/mol. The van der Waals surface area contributed by atoms with Gasteiger partial charge in [0.1, 0.15) is 5.60 Å². The van der Waals surface area contributed by atoms with Crippen LogP contribution in [0, 0.1) is 5.41 Å². The Balaban J connectivity index is 1.74. The monoisotopic (exact) mass is 282 g/mol. The van der Waals surface area contributed by atoms with E-state index in [2.05, 4.69) is 17.6 Å². The topological polar surface area (TPSA) is 61.4 Å². The predicted molar refractivity (Wildman–Crippen MR) is 77.2 cm³/mol. The van der Waals surface area contributed by atoms with E-state index in [1.165, 1.54) is 24.2 Å². The molecule has 1 atom stereocenters. The minimum atomic E-state index is -1.01. The summed E-state index contributed by atoms with van der Waals surface area (Å²) in [6.45, 7) is 4.83. The Labute approximate surface area is 118 Å². The van der Waals surface area contributed by atoms with Crippen molar-refractivity contribution in [2.24, 2.45) is 5.41 Å². The number of aliphatic hydroxyl groups is 1. The highest BCUT2D eigenvalue weighted by molar-refractivity contribution is 7.10. The Morgan fingerprint density at radius 1 is 1.53 bits per heavy atom. The molecule has 19 heavy (non-hydrogen) atoms. The Morgan fingerprint density at radius 3 is 2.79 bits per heavy atom. The van der Waals surface area contributed by atoms with Crippen molar-refractivity contribution in [2.75, 3.05) is 13.1 Å². The third-order valence-corrected chi connectivity index (χ3v) is 5.10. The molecule has 2 rings (SSSR count). The first-order valence-electron chi connectivity index (χ1n) is 6.75. The van der Waals surface area contributed by atoms with Gasteiger partial charge in [-0.1, -0.05) is 13.0 Å². The predicted octanol–water partition coefficient (Wildman–Crippen LogP) is 2.45. The van der Waals surface area contributed by atoms with Crippen LogP contribution in [0.2, 0.25) is 0 Å². The zero-order chi connectivity index (χ0) is 13.9. The first-order chi connectivity index (χ1) is 8.97. The van der Waals surface area contributed by atoms with Gasteiger partial charge in [0, 0.05) is 11.4 Å². The van der Waals surface area contributed by atoms with Gasteiger partial charge in [-0.25, -0.2) is 4.79 Å². The molecule has 1 fully saturated rings. The molecule has 2 amide bonds. The van der Waals surface area contributed by atoms with Gasteiger partial charge in [-0.3, -0.25) is 0 Å². The first-order valence-corrected chi connectivity index (χ1v) is 7.63. The summed E-state index contributed by atoms with van der Waals surface area (Å²) in [6.07, 6.45) is 3.52. The molecule has 3 N–H and O–H groups in total. The molecule has 0 bridgehead atoms. The molecule has 1 saturated carbocycles. The van der Waals surface area contributed by atoms with Crippen LogP contribution in [0.1, 0.15) is 38.0 Å². The van der Waals surface area contributed by atoms with E-state index in [0.717, 1.165) is 17.8 Å². The van der Waals surface area contributed by atoms with Gasteiger partial charge in [-0.05, 0) is 43.0 Å². The Kier molecular flexibility index (Phi) is 4.16. The van der Waals surface area contributed by atoms with Crippen LogP contribution in [-0.2, 0) is 5.60 Å². The van der Waals surface area contributed by atoms with Gasteiger partial charge in [0.05, 0.1) is 6.54 Å². The summed E-state index contributed by atoms with van der Waals surface area (Å²) in [4.78, 5) is 12.6. The molecule has 0 aliphatic heterocycles. The molecule has 1 unspecified atom stereocenters. The van der Waals surface area contributed by atoms with E-state index in [9.17, 15) is 9.90 Å². The zero-order valence-electron chi connectivity index (χ0n) is 11.5. The second-order valence-corrected chi connectivity index (χ2v) is 6.59. The summed E-state index contributed by atoms with van der Waals surface area (Å²) in [7, 11) is 0. The smallest absolute Gasteiger partial charge is 0.314 e. The fourth-order valence-corrected chi connectivity index (χ4v) is 2.87. The summed E-state index contributed by atoms with van der Waals surface area (Å²) < 4.78 is 0. The number of carbonyl (C=O) groups excluding carboxylic acids is 1. The van der Waals surface area contributed by atoms with Crippen molar-refractivity contribution in [3.8, 4) is 0 Å². The lowest BCUT2D eigenvalue weighted by molar-refractivity contribution is 0.0631. The third-order valence-electron chi connectivity index (χ3n) is 3.98. The minimum Gasteiger partial charge on any atom is -0.383 e. The van der Waals surface area contributed by atoms with Crippen LogP contribution in [0.5, 0.6) is 0 Å². The van der Waals surface area contributed by atoms with Crippen LogP contribution >= 0.6 is 11.3 Å². The normalized spacial score (nSPS) is 19.5. The molecular formula is C14H22N2O2S. The number of thiophene rings is 1. The molecule has 1 aromatic rings. The number of carbonyl (C=O) groups is 1. The van der Waals surface area contributed by atoms with Crippen LogP contribution in [0.25, 0.3) is 0 Å². The summed E-state index contributed by atoms with van der Waals surface area (Å²) in [6, 6.07) is 3.57. The highest BCUT2D eigenvalue weighted by Crippen LogP contribution is 2.47. The maximum Gasteiger partial charge on any atom is 0.314 e. The molecule has 1 heterocycles. The van der Waals surface area contributed by atoms with E-state index in [-0.39, 0.29) is 12.6 Å². The van der Waals surface area contributed by atoms with Crippen molar-refractivity contribution < 1.29 is 9.90 Å². The van der Waals surface area contributed by atoms with E-state index in [0.29, 0.717) is 5.41 Å². The standard InChI is InChI=1S/C14H22N2O2S/c1-3-14(6-7-14)10-16-12(17)15-9-13(2,18)11-5-4-8-19-11/h4-5,8,18H,3,6-7,9-10H2,1-2H3,(H2,15,16,17). The maximum absolute atomic E-state index is 11.7. The van der Waals surface area contributed by atoms with Crippen molar-refractivity contribution in [1.29, 1.82) is 0 Å². The second-order valence-electron chi connectivity index (χ2n) is 5.64. The third kappa shape index (κ3) is 3.70. The van der Waals surface area contributed by atoms with E-state index in [4.69, 9.17) is 0 Å².